The molecule has 1 unspecified atom stereocenters. The van der Waals surface area contributed by atoms with Gasteiger partial charge in [0.2, 0.25) is 0 Å². The highest BCUT2D eigenvalue weighted by atomic mass is 35.5. The summed E-state index contributed by atoms with van der Waals surface area (Å²) in [6.45, 7) is 3.38. The minimum absolute atomic E-state index is 0.0332. The van der Waals surface area contributed by atoms with Crippen molar-refractivity contribution in [1.82, 2.24) is 0 Å². The Morgan fingerprint density at radius 1 is 1.62 bits per heavy atom. The van der Waals surface area contributed by atoms with Crippen LogP contribution < -0.4 is 5.73 Å². The van der Waals surface area contributed by atoms with Gasteiger partial charge in [-0.2, -0.15) is 0 Å². The van der Waals surface area contributed by atoms with Gasteiger partial charge in [-0.3, -0.25) is 4.21 Å². The molecule has 0 spiro atoms. The number of benzene rings is 1. The molecular weight excluding hydrogens is 210 g/mol. The predicted octanol–water partition coefficient (Wildman–Crippen LogP) is 1.77. The number of anilines is 1. The van der Waals surface area contributed by atoms with Crippen molar-refractivity contribution in [3.8, 4) is 0 Å². The third-order valence-corrected chi connectivity index (χ3v) is 2.37. The molecule has 1 aromatic carbocycles. The van der Waals surface area contributed by atoms with Crippen LogP contribution in [0.4, 0.5) is 5.69 Å². The molecule has 1 rings (SSSR count). The van der Waals surface area contributed by atoms with Crippen LogP contribution in [0.5, 0.6) is 0 Å². The molecule has 0 aromatic heterocycles. The molecule has 13 heavy (non-hydrogen) atoms. The number of halogens is 1. The van der Waals surface area contributed by atoms with Crippen molar-refractivity contribution in [2.24, 2.45) is 0 Å². The number of hydrogen-bond acceptors (Lipinski definition) is 3. The molecule has 70 valence electrons. The van der Waals surface area contributed by atoms with E-state index in [9.17, 15) is 8.76 Å². The lowest BCUT2D eigenvalue weighted by atomic mass is 10.2. The highest BCUT2D eigenvalue weighted by Gasteiger charge is 2.04. The molecule has 0 fully saturated rings. The van der Waals surface area contributed by atoms with Crippen LogP contribution in [0.25, 0.3) is 4.91 Å². The quantitative estimate of drug-likeness (QED) is 0.605. The molecule has 0 aliphatic rings. The molecule has 1 aromatic rings. The highest BCUT2D eigenvalue weighted by molar-refractivity contribution is 7.89. The fourth-order valence-electron chi connectivity index (χ4n) is 0.877. The van der Waals surface area contributed by atoms with Gasteiger partial charge in [0.15, 0.2) is 0 Å². The standard InChI is InChI=1S/C8H8ClNO2S/c1-5(13(11)12)7-3-2-6(9)4-8(7)10/h2-4H,1,10H2,(H,11,12)/p-1. The third kappa shape index (κ3) is 2.30. The Balaban J connectivity index is 3.16. The zero-order valence-electron chi connectivity index (χ0n) is 6.62. The lowest BCUT2D eigenvalue weighted by molar-refractivity contribution is 0.548. The van der Waals surface area contributed by atoms with E-state index in [-0.39, 0.29) is 4.91 Å². The topological polar surface area (TPSA) is 66.2 Å². The molecule has 0 aliphatic carbocycles. The highest BCUT2D eigenvalue weighted by Crippen LogP contribution is 2.24. The first-order chi connectivity index (χ1) is 6.02. The van der Waals surface area contributed by atoms with Gasteiger partial charge >= 0.3 is 0 Å². The maximum Gasteiger partial charge on any atom is 0.0426 e. The summed E-state index contributed by atoms with van der Waals surface area (Å²) in [7, 11) is 0. The van der Waals surface area contributed by atoms with Crippen molar-refractivity contribution in [2.75, 3.05) is 5.73 Å². The van der Waals surface area contributed by atoms with E-state index in [0.717, 1.165) is 0 Å². The largest absolute Gasteiger partial charge is 0.768 e. The molecule has 0 aliphatic heterocycles. The summed E-state index contributed by atoms with van der Waals surface area (Å²) in [6.07, 6.45) is 0. The second-order valence-corrected chi connectivity index (χ2v) is 3.79. The van der Waals surface area contributed by atoms with Gasteiger partial charge in [-0.05, 0) is 23.2 Å². The van der Waals surface area contributed by atoms with Crippen LogP contribution in [0, 0.1) is 0 Å². The SMILES string of the molecule is C=C(c1ccc(Cl)cc1N)S(=O)[O-]. The molecule has 5 heteroatoms. The number of hydrogen-bond donors (Lipinski definition) is 1. The molecule has 0 saturated heterocycles. The first-order valence-electron chi connectivity index (χ1n) is 3.36. The van der Waals surface area contributed by atoms with E-state index in [1.54, 1.807) is 6.07 Å². The van der Waals surface area contributed by atoms with Gasteiger partial charge in [0.1, 0.15) is 0 Å². The average Bonchev–Trinajstić information content (AvgIpc) is 2.03. The van der Waals surface area contributed by atoms with Gasteiger partial charge in [0.05, 0.1) is 0 Å². The van der Waals surface area contributed by atoms with Gasteiger partial charge in [-0.15, -0.1) is 0 Å². The normalized spacial score (nSPS) is 12.5. The van der Waals surface area contributed by atoms with Gasteiger partial charge in [0.25, 0.3) is 0 Å². The Labute approximate surface area is 83.5 Å². The molecule has 0 bridgehead atoms. The maximum absolute atomic E-state index is 10.5. The van der Waals surface area contributed by atoms with Crippen molar-refractivity contribution < 1.29 is 8.76 Å². The molecule has 0 radical (unpaired) electrons. The number of nitrogen functional groups attached to an aromatic ring is 1. The Bertz CT molecular complexity index is 378. The van der Waals surface area contributed by atoms with E-state index in [1.807, 2.05) is 0 Å². The third-order valence-electron chi connectivity index (χ3n) is 1.52. The van der Waals surface area contributed by atoms with Crippen LogP contribution in [0.2, 0.25) is 5.02 Å². The predicted molar refractivity (Wildman–Crippen MR) is 53.8 cm³/mol. The first kappa shape index (κ1) is 10.2. The lowest BCUT2D eigenvalue weighted by Gasteiger charge is -2.11. The summed E-state index contributed by atoms with van der Waals surface area (Å²) >= 11 is 3.29. The van der Waals surface area contributed by atoms with Gasteiger partial charge in [-0.1, -0.05) is 24.2 Å². The molecule has 0 heterocycles. The first-order valence-corrected chi connectivity index (χ1v) is 4.81. The monoisotopic (exact) mass is 216 g/mol. The Morgan fingerprint density at radius 3 is 2.69 bits per heavy atom. The van der Waals surface area contributed by atoms with Crippen molar-refractivity contribution >= 4 is 33.3 Å². The zero-order valence-corrected chi connectivity index (χ0v) is 8.19. The van der Waals surface area contributed by atoms with Crippen molar-refractivity contribution in [2.45, 2.75) is 0 Å². The van der Waals surface area contributed by atoms with E-state index >= 15 is 0 Å². The minimum Gasteiger partial charge on any atom is -0.768 e. The van der Waals surface area contributed by atoms with Crippen molar-refractivity contribution in [3.63, 3.8) is 0 Å². The van der Waals surface area contributed by atoms with E-state index in [0.29, 0.717) is 16.3 Å². The molecule has 0 amide bonds. The molecular formula is C8H7ClNO2S-. The summed E-state index contributed by atoms with van der Waals surface area (Å²) in [5.74, 6) is 0. The summed E-state index contributed by atoms with van der Waals surface area (Å²) in [4.78, 5) is -0.0332. The minimum atomic E-state index is -2.35. The van der Waals surface area contributed by atoms with Crippen molar-refractivity contribution in [3.05, 3.63) is 35.4 Å². The van der Waals surface area contributed by atoms with Crippen LogP contribution in [-0.2, 0) is 11.1 Å². The van der Waals surface area contributed by atoms with E-state index in [4.69, 9.17) is 17.3 Å². The lowest BCUT2D eigenvalue weighted by Crippen LogP contribution is -1.97. The summed E-state index contributed by atoms with van der Waals surface area (Å²) < 4.78 is 21.1. The maximum atomic E-state index is 10.5. The fourth-order valence-corrected chi connectivity index (χ4v) is 1.42. The molecule has 2 N–H and O–H groups in total. The van der Waals surface area contributed by atoms with Crippen LogP contribution >= 0.6 is 11.6 Å². The summed E-state index contributed by atoms with van der Waals surface area (Å²) in [6, 6.07) is 4.57. The number of rotatable bonds is 2. The van der Waals surface area contributed by atoms with Gasteiger partial charge < -0.3 is 10.3 Å². The van der Waals surface area contributed by atoms with Gasteiger partial charge in [-0.25, -0.2) is 0 Å². The van der Waals surface area contributed by atoms with E-state index in [1.165, 1.54) is 12.1 Å². The van der Waals surface area contributed by atoms with Crippen LogP contribution in [0.1, 0.15) is 5.56 Å². The van der Waals surface area contributed by atoms with Crippen LogP contribution in [-0.4, -0.2) is 8.76 Å². The summed E-state index contributed by atoms with van der Waals surface area (Å²) in [5, 5.41) is 0.464. The Hall–Kier alpha value is -0.840. The van der Waals surface area contributed by atoms with Crippen LogP contribution in [0.3, 0.4) is 0 Å². The Morgan fingerprint density at radius 2 is 2.23 bits per heavy atom. The Kier molecular flexibility index (Phi) is 3.08. The number of nitrogens with two attached hydrogens (primary N) is 1. The average molecular weight is 217 g/mol. The van der Waals surface area contributed by atoms with Crippen molar-refractivity contribution in [1.29, 1.82) is 0 Å². The second-order valence-electron chi connectivity index (χ2n) is 2.39. The summed E-state index contributed by atoms with van der Waals surface area (Å²) in [5.41, 5.74) is 6.24. The zero-order chi connectivity index (χ0) is 10.0. The molecule has 0 saturated carbocycles. The van der Waals surface area contributed by atoms with Crippen LogP contribution in [0.15, 0.2) is 24.8 Å². The fraction of sp³-hybridized carbons (Fsp3) is 0. The van der Waals surface area contributed by atoms with E-state index < -0.39 is 11.1 Å². The molecule has 3 nitrogen and oxygen atoms in total. The second kappa shape index (κ2) is 3.91. The molecule has 1 atom stereocenters. The smallest absolute Gasteiger partial charge is 0.0426 e. The van der Waals surface area contributed by atoms with E-state index in [2.05, 4.69) is 6.58 Å². The van der Waals surface area contributed by atoms with Gasteiger partial charge in [0, 0.05) is 21.2 Å².